The smallest absolute Gasteiger partial charge is 0.153 e. The number of nitrogens with zero attached hydrogens (tertiary/aromatic N) is 2. The van der Waals surface area contributed by atoms with E-state index in [0.29, 0.717) is 17.5 Å². The molecule has 0 N–H and O–H groups in total. The summed E-state index contributed by atoms with van der Waals surface area (Å²) in [7, 11) is 0. The molecule has 0 aliphatic heterocycles. The third-order valence-corrected chi connectivity index (χ3v) is 3.34. The Balaban J connectivity index is 2.52. The topological polar surface area (TPSA) is 34.9 Å². The Hall–Kier alpha value is -2.04. The molecule has 0 fully saturated rings. The van der Waals surface area contributed by atoms with Crippen LogP contribution in [0.3, 0.4) is 0 Å². The van der Waals surface area contributed by atoms with Gasteiger partial charge in [0, 0.05) is 17.8 Å². The zero-order valence-corrected chi connectivity index (χ0v) is 11.4. The fraction of sp³-hybridized carbons (Fsp3) is 0.333. The van der Waals surface area contributed by atoms with Crippen molar-refractivity contribution < 1.29 is 13.6 Å². The molecular formula is C15H16F2N2O. The first-order valence-electron chi connectivity index (χ1n) is 6.59. The predicted octanol–water partition coefficient (Wildman–Crippen LogP) is 4.00. The lowest BCUT2D eigenvalue weighted by Gasteiger charge is -2.12. The Morgan fingerprint density at radius 1 is 1.20 bits per heavy atom. The Labute approximate surface area is 116 Å². The van der Waals surface area contributed by atoms with E-state index in [1.165, 1.54) is 12.1 Å². The van der Waals surface area contributed by atoms with Crippen LogP contribution < -0.4 is 0 Å². The minimum atomic E-state index is -0.686. The minimum absolute atomic E-state index is 0.167. The van der Waals surface area contributed by atoms with Crippen LogP contribution in [0.25, 0.3) is 11.3 Å². The molecule has 0 unspecified atom stereocenters. The summed E-state index contributed by atoms with van der Waals surface area (Å²) in [6.07, 6.45) is 4.02. The summed E-state index contributed by atoms with van der Waals surface area (Å²) < 4.78 is 28.3. The second-order valence-corrected chi connectivity index (χ2v) is 4.66. The first kappa shape index (κ1) is 14.4. The summed E-state index contributed by atoms with van der Waals surface area (Å²) in [5.41, 5.74) is 0.918. The van der Waals surface area contributed by atoms with Gasteiger partial charge < -0.3 is 0 Å². The number of rotatable bonds is 5. The highest BCUT2D eigenvalue weighted by atomic mass is 19.1. The van der Waals surface area contributed by atoms with Crippen molar-refractivity contribution in [1.82, 2.24) is 9.78 Å². The molecule has 0 amide bonds. The second-order valence-electron chi connectivity index (χ2n) is 4.66. The highest BCUT2D eigenvalue weighted by Gasteiger charge is 2.16. The van der Waals surface area contributed by atoms with Gasteiger partial charge in [-0.2, -0.15) is 5.10 Å². The first-order valence-corrected chi connectivity index (χ1v) is 6.59. The van der Waals surface area contributed by atoms with E-state index >= 15 is 0 Å². The van der Waals surface area contributed by atoms with Gasteiger partial charge >= 0.3 is 0 Å². The lowest BCUT2D eigenvalue weighted by atomic mass is 10.1. The van der Waals surface area contributed by atoms with E-state index in [0.717, 1.165) is 18.9 Å². The summed E-state index contributed by atoms with van der Waals surface area (Å²) in [5, 5.41) is 4.33. The Bertz CT molecular complexity index is 598. The number of carbonyl (C=O) groups is 1. The van der Waals surface area contributed by atoms with E-state index < -0.39 is 11.6 Å². The van der Waals surface area contributed by atoms with Crippen LogP contribution in [0.5, 0.6) is 0 Å². The number of aromatic nitrogens is 2. The molecule has 0 spiro atoms. The van der Waals surface area contributed by atoms with Gasteiger partial charge in [0.25, 0.3) is 0 Å². The van der Waals surface area contributed by atoms with Crippen LogP contribution in [-0.4, -0.2) is 16.1 Å². The van der Waals surface area contributed by atoms with E-state index in [1.807, 2.05) is 13.8 Å². The summed E-state index contributed by atoms with van der Waals surface area (Å²) in [5.74, 6) is -1.37. The molecule has 5 heteroatoms. The Morgan fingerprint density at radius 3 is 2.30 bits per heavy atom. The summed E-state index contributed by atoms with van der Waals surface area (Å²) in [6.45, 7) is 4.05. The number of hydrogen-bond acceptors (Lipinski definition) is 2. The van der Waals surface area contributed by atoms with Crippen LogP contribution in [-0.2, 0) is 0 Å². The fourth-order valence-electron chi connectivity index (χ4n) is 2.26. The maximum atomic E-state index is 13.3. The van der Waals surface area contributed by atoms with Crippen LogP contribution in [0.1, 0.15) is 43.1 Å². The largest absolute Gasteiger partial charge is 0.298 e. The van der Waals surface area contributed by atoms with Crippen LogP contribution in [0.15, 0.2) is 24.4 Å². The zero-order valence-electron chi connectivity index (χ0n) is 11.4. The van der Waals surface area contributed by atoms with Gasteiger partial charge in [0.2, 0.25) is 0 Å². The average Bonchev–Trinajstić information content (AvgIpc) is 2.83. The maximum absolute atomic E-state index is 13.3. The Kier molecular flexibility index (Phi) is 4.27. The molecule has 1 aromatic heterocycles. The van der Waals surface area contributed by atoms with E-state index in [2.05, 4.69) is 5.10 Å². The van der Waals surface area contributed by atoms with Gasteiger partial charge in [-0.15, -0.1) is 0 Å². The molecule has 106 valence electrons. The standard InChI is InChI=1S/C15H16F2N2O/c1-3-14(4-2)19-8-11(9-20)15(18-19)10-5-12(16)7-13(17)6-10/h5-9,14H,3-4H2,1-2H3. The van der Waals surface area contributed by atoms with E-state index in [4.69, 9.17) is 0 Å². The van der Waals surface area contributed by atoms with Crippen LogP contribution >= 0.6 is 0 Å². The molecule has 3 nitrogen and oxygen atoms in total. The molecule has 1 aromatic carbocycles. The monoisotopic (exact) mass is 278 g/mol. The molecule has 0 saturated heterocycles. The van der Waals surface area contributed by atoms with Gasteiger partial charge in [-0.1, -0.05) is 13.8 Å². The van der Waals surface area contributed by atoms with Crippen molar-refractivity contribution in [3.63, 3.8) is 0 Å². The molecule has 2 aromatic rings. The van der Waals surface area contributed by atoms with Gasteiger partial charge in [0.1, 0.15) is 17.3 Å². The highest BCUT2D eigenvalue weighted by Crippen LogP contribution is 2.25. The number of hydrogen-bond donors (Lipinski definition) is 0. The summed E-state index contributed by atoms with van der Waals surface area (Å²) in [6, 6.07) is 3.31. The van der Waals surface area contributed by atoms with Crippen LogP contribution in [0.4, 0.5) is 8.78 Å². The summed E-state index contributed by atoms with van der Waals surface area (Å²) in [4.78, 5) is 11.1. The molecule has 1 heterocycles. The molecule has 0 atom stereocenters. The molecule has 0 aliphatic carbocycles. The van der Waals surface area contributed by atoms with E-state index in [9.17, 15) is 13.6 Å². The van der Waals surface area contributed by atoms with Gasteiger partial charge in [-0.25, -0.2) is 8.78 Å². The highest BCUT2D eigenvalue weighted by molar-refractivity contribution is 5.85. The van der Waals surface area contributed by atoms with Crippen molar-refractivity contribution in [2.45, 2.75) is 32.7 Å². The molecular weight excluding hydrogens is 262 g/mol. The minimum Gasteiger partial charge on any atom is -0.298 e. The second kappa shape index (κ2) is 5.94. The van der Waals surface area contributed by atoms with Gasteiger partial charge in [0.05, 0.1) is 11.6 Å². The van der Waals surface area contributed by atoms with Crippen LogP contribution in [0, 0.1) is 11.6 Å². The average molecular weight is 278 g/mol. The molecule has 2 rings (SSSR count). The molecule has 0 radical (unpaired) electrons. The quantitative estimate of drug-likeness (QED) is 0.775. The van der Waals surface area contributed by atoms with Gasteiger partial charge in [-0.05, 0) is 25.0 Å². The number of aldehydes is 1. The first-order chi connectivity index (χ1) is 9.58. The lowest BCUT2D eigenvalue weighted by Crippen LogP contribution is -2.07. The van der Waals surface area contributed by atoms with Crippen molar-refractivity contribution in [2.75, 3.05) is 0 Å². The van der Waals surface area contributed by atoms with Gasteiger partial charge in [0.15, 0.2) is 6.29 Å². The van der Waals surface area contributed by atoms with Crippen molar-refractivity contribution in [3.05, 3.63) is 41.6 Å². The third kappa shape index (κ3) is 2.76. The lowest BCUT2D eigenvalue weighted by molar-refractivity contribution is 0.112. The van der Waals surface area contributed by atoms with Crippen LogP contribution in [0.2, 0.25) is 0 Å². The third-order valence-electron chi connectivity index (χ3n) is 3.34. The zero-order chi connectivity index (χ0) is 14.7. The van der Waals surface area contributed by atoms with Crippen molar-refractivity contribution >= 4 is 6.29 Å². The number of carbonyl (C=O) groups excluding carboxylic acids is 1. The van der Waals surface area contributed by atoms with Crippen molar-refractivity contribution in [3.8, 4) is 11.3 Å². The Morgan fingerprint density at radius 2 is 1.80 bits per heavy atom. The normalized spacial score (nSPS) is 11.1. The molecule has 20 heavy (non-hydrogen) atoms. The summed E-state index contributed by atoms with van der Waals surface area (Å²) >= 11 is 0. The van der Waals surface area contributed by atoms with E-state index in [-0.39, 0.29) is 11.6 Å². The fourth-order valence-corrected chi connectivity index (χ4v) is 2.26. The number of benzene rings is 1. The van der Waals surface area contributed by atoms with Crippen molar-refractivity contribution in [2.24, 2.45) is 0 Å². The molecule has 0 bridgehead atoms. The number of halogens is 2. The SMILES string of the molecule is CCC(CC)n1cc(C=O)c(-c2cc(F)cc(F)c2)n1. The van der Waals surface area contributed by atoms with E-state index in [1.54, 1.807) is 10.9 Å². The molecule has 0 saturated carbocycles. The molecule has 0 aliphatic rings. The van der Waals surface area contributed by atoms with Crippen molar-refractivity contribution in [1.29, 1.82) is 0 Å². The maximum Gasteiger partial charge on any atom is 0.153 e. The van der Waals surface area contributed by atoms with Gasteiger partial charge in [-0.3, -0.25) is 9.48 Å². The predicted molar refractivity (Wildman–Crippen MR) is 72.6 cm³/mol.